The molecule has 1 aliphatic rings. The SMILES string of the molecule is COCC(O)C(O)C1OC(C)(C(=O)O)CC(O)C1NC(C)=O. The first-order chi connectivity index (χ1) is 10.1. The third kappa shape index (κ3) is 4.14. The van der Waals surface area contributed by atoms with Crippen molar-refractivity contribution in [2.75, 3.05) is 13.7 Å². The largest absolute Gasteiger partial charge is 0.479 e. The van der Waals surface area contributed by atoms with Crippen LogP contribution in [0.1, 0.15) is 20.3 Å². The minimum Gasteiger partial charge on any atom is -0.479 e. The highest BCUT2D eigenvalue weighted by Gasteiger charge is 2.51. The van der Waals surface area contributed by atoms with Crippen molar-refractivity contribution in [1.29, 1.82) is 0 Å². The van der Waals surface area contributed by atoms with Crippen LogP contribution in [0.15, 0.2) is 0 Å². The molecule has 0 aromatic carbocycles. The van der Waals surface area contributed by atoms with Crippen LogP contribution in [0.2, 0.25) is 0 Å². The molecule has 5 N–H and O–H groups in total. The lowest BCUT2D eigenvalue weighted by atomic mass is 9.84. The average molecular weight is 321 g/mol. The minimum absolute atomic E-state index is 0.215. The molecule has 0 aromatic heterocycles. The smallest absolute Gasteiger partial charge is 0.335 e. The van der Waals surface area contributed by atoms with E-state index in [4.69, 9.17) is 9.47 Å². The molecular weight excluding hydrogens is 298 g/mol. The molecule has 1 fully saturated rings. The Morgan fingerprint density at radius 2 is 2.05 bits per heavy atom. The quantitative estimate of drug-likeness (QED) is 0.372. The fourth-order valence-electron chi connectivity index (χ4n) is 2.49. The van der Waals surface area contributed by atoms with Crippen LogP contribution in [0, 0.1) is 0 Å². The number of nitrogens with one attached hydrogen (secondary N) is 1. The Morgan fingerprint density at radius 3 is 2.50 bits per heavy atom. The maximum absolute atomic E-state index is 11.3. The molecule has 0 radical (unpaired) electrons. The molecule has 9 nitrogen and oxygen atoms in total. The average Bonchev–Trinajstić information content (AvgIpc) is 2.40. The molecule has 0 bridgehead atoms. The Kier molecular flexibility index (Phi) is 6.27. The van der Waals surface area contributed by atoms with Crippen molar-refractivity contribution in [2.45, 2.75) is 56.3 Å². The van der Waals surface area contributed by atoms with E-state index in [2.05, 4.69) is 5.32 Å². The highest BCUT2D eigenvalue weighted by atomic mass is 16.6. The summed E-state index contributed by atoms with van der Waals surface area (Å²) < 4.78 is 10.1. The molecule has 1 saturated heterocycles. The predicted octanol–water partition coefficient (Wildman–Crippen LogP) is -2.15. The summed E-state index contributed by atoms with van der Waals surface area (Å²) in [7, 11) is 1.32. The number of methoxy groups -OCH3 is 1. The van der Waals surface area contributed by atoms with Gasteiger partial charge in [-0.2, -0.15) is 0 Å². The summed E-state index contributed by atoms with van der Waals surface area (Å²) >= 11 is 0. The third-order valence-electron chi connectivity index (χ3n) is 3.65. The molecule has 1 aliphatic heterocycles. The normalized spacial score (nSPS) is 34.7. The molecule has 6 unspecified atom stereocenters. The number of amides is 1. The monoisotopic (exact) mass is 321 g/mol. The van der Waals surface area contributed by atoms with Gasteiger partial charge in [-0.3, -0.25) is 4.79 Å². The number of hydrogen-bond acceptors (Lipinski definition) is 7. The zero-order valence-corrected chi connectivity index (χ0v) is 12.7. The number of carbonyl (C=O) groups is 2. The van der Waals surface area contributed by atoms with Gasteiger partial charge in [0.1, 0.15) is 18.3 Å². The lowest BCUT2D eigenvalue weighted by Gasteiger charge is -2.45. The standard InChI is InChI=1S/C13H23NO8/c1-6(15)14-9-7(16)4-13(2,12(19)20)22-11(9)10(18)8(17)5-21-3/h7-11,16-18H,4-5H2,1-3H3,(H,14,15)(H,19,20). The minimum atomic E-state index is -1.74. The number of aliphatic hydroxyl groups is 3. The van der Waals surface area contributed by atoms with Crippen LogP contribution in [0.4, 0.5) is 0 Å². The number of hydrogen-bond donors (Lipinski definition) is 5. The van der Waals surface area contributed by atoms with E-state index in [9.17, 15) is 30.0 Å². The second kappa shape index (κ2) is 7.34. The first-order valence-corrected chi connectivity index (χ1v) is 6.84. The van der Waals surface area contributed by atoms with Gasteiger partial charge in [-0.15, -0.1) is 0 Å². The summed E-state index contributed by atoms with van der Waals surface area (Å²) in [6, 6.07) is -1.05. The molecule has 0 aliphatic carbocycles. The van der Waals surface area contributed by atoms with Gasteiger partial charge in [-0.05, 0) is 6.92 Å². The van der Waals surface area contributed by atoms with E-state index in [-0.39, 0.29) is 13.0 Å². The van der Waals surface area contributed by atoms with Crippen molar-refractivity contribution in [3.8, 4) is 0 Å². The van der Waals surface area contributed by atoms with Crippen LogP contribution in [0.5, 0.6) is 0 Å². The van der Waals surface area contributed by atoms with Crippen molar-refractivity contribution in [3.63, 3.8) is 0 Å². The van der Waals surface area contributed by atoms with Gasteiger partial charge in [-0.25, -0.2) is 4.79 Å². The Labute approximate surface area is 127 Å². The summed E-state index contributed by atoms with van der Waals surface area (Å²) in [5.41, 5.74) is -1.74. The number of carboxylic acid groups (broad SMARTS) is 1. The van der Waals surface area contributed by atoms with Gasteiger partial charge in [0.15, 0.2) is 5.60 Å². The van der Waals surface area contributed by atoms with Gasteiger partial charge in [0.2, 0.25) is 5.91 Å². The highest BCUT2D eigenvalue weighted by Crippen LogP contribution is 2.32. The van der Waals surface area contributed by atoms with Crippen LogP contribution in [0.25, 0.3) is 0 Å². The number of rotatable bonds is 6. The number of carboxylic acids is 1. The zero-order chi connectivity index (χ0) is 17.1. The molecule has 0 saturated carbocycles. The van der Waals surface area contributed by atoms with Crippen molar-refractivity contribution in [2.24, 2.45) is 0 Å². The topological polar surface area (TPSA) is 146 Å². The maximum atomic E-state index is 11.3. The van der Waals surface area contributed by atoms with Crippen LogP contribution >= 0.6 is 0 Å². The predicted molar refractivity (Wildman–Crippen MR) is 73.0 cm³/mol. The van der Waals surface area contributed by atoms with E-state index < -0.39 is 47.9 Å². The molecule has 1 rings (SSSR count). The van der Waals surface area contributed by atoms with Gasteiger partial charge < -0.3 is 35.2 Å². The van der Waals surface area contributed by atoms with Crippen molar-refractivity contribution >= 4 is 11.9 Å². The Hall–Kier alpha value is -1.26. The van der Waals surface area contributed by atoms with E-state index in [0.29, 0.717) is 0 Å². The second-order valence-electron chi connectivity index (χ2n) is 5.63. The number of carbonyl (C=O) groups excluding carboxylic acids is 1. The number of aliphatic carboxylic acids is 1. The van der Waals surface area contributed by atoms with Crippen LogP contribution < -0.4 is 5.32 Å². The summed E-state index contributed by atoms with van der Waals surface area (Å²) in [6.45, 7) is 2.26. The van der Waals surface area contributed by atoms with Crippen LogP contribution in [-0.4, -0.2) is 82.1 Å². The Balaban J connectivity index is 3.05. The Bertz CT molecular complexity index is 417. The number of ether oxygens (including phenoxy) is 2. The second-order valence-corrected chi connectivity index (χ2v) is 5.63. The van der Waals surface area contributed by atoms with Gasteiger partial charge in [-0.1, -0.05) is 0 Å². The van der Waals surface area contributed by atoms with E-state index >= 15 is 0 Å². The molecule has 22 heavy (non-hydrogen) atoms. The summed E-state index contributed by atoms with van der Waals surface area (Å²) in [5.74, 6) is -1.80. The molecular formula is C13H23NO8. The summed E-state index contributed by atoms with van der Waals surface area (Å²) in [4.78, 5) is 22.6. The lowest BCUT2D eigenvalue weighted by molar-refractivity contribution is -0.225. The van der Waals surface area contributed by atoms with E-state index in [0.717, 1.165) is 0 Å². The molecule has 6 atom stereocenters. The van der Waals surface area contributed by atoms with Crippen LogP contribution in [-0.2, 0) is 19.1 Å². The number of aliphatic hydroxyl groups excluding tert-OH is 3. The van der Waals surface area contributed by atoms with Gasteiger partial charge in [0.05, 0.1) is 18.8 Å². The molecule has 1 amide bonds. The van der Waals surface area contributed by atoms with Gasteiger partial charge >= 0.3 is 5.97 Å². The zero-order valence-electron chi connectivity index (χ0n) is 12.7. The maximum Gasteiger partial charge on any atom is 0.335 e. The third-order valence-corrected chi connectivity index (χ3v) is 3.65. The molecule has 128 valence electrons. The van der Waals surface area contributed by atoms with Crippen molar-refractivity contribution in [1.82, 2.24) is 5.32 Å². The Morgan fingerprint density at radius 1 is 1.45 bits per heavy atom. The van der Waals surface area contributed by atoms with Crippen molar-refractivity contribution in [3.05, 3.63) is 0 Å². The molecule has 0 aromatic rings. The first kappa shape index (κ1) is 18.8. The summed E-state index contributed by atoms with van der Waals surface area (Å²) in [5, 5.41) is 41.8. The van der Waals surface area contributed by atoms with Gasteiger partial charge in [0.25, 0.3) is 0 Å². The molecule has 0 spiro atoms. The molecule has 9 heteroatoms. The molecule has 1 heterocycles. The van der Waals surface area contributed by atoms with E-state index in [1.165, 1.54) is 21.0 Å². The lowest BCUT2D eigenvalue weighted by Crippen LogP contribution is -2.66. The van der Waals surface area contributed by atoms with E-state index in [1.54, 1.807) is 0 Å². The van der Waals surface area contributed by atoms with Gasteiger partial charge in [0, 0.05) is 20.5 Å². The fourth-order valence-corrected chi connectivity index (χ4v) is 2.49. The van der Waals surface area contributed by atoms with E-state index in [1.807, 2.05) is 0 Å². The first-order valence-electron chi connectivity index (χ1n) is 6.84. The summed E-state index contributed by atoms with van der Waals surface area (Å²) in [6.07, 6.45) is -5.75. The highest BCUT2D eigenvalue weighted by molar-refractivity contribution is 5.77. The van der Waals surface area contributed by atoms with Crippen LogP contribution in [0.3, 0.4) is 0 Å². The fraction of sp³-hybridized carbons (Fsp3) is 0.846. The van der Waals surface area contributed by atoms with Crippen molar-refractivity contribution < 1.29 is 39.5 Å².